The molecule has 0 bridgehead atoms. The van der Waals surface area contributed by atoms with Crippen molar-refractivity contribution in [3.8, 4) is 5.75 Å². The Kier molecular flexibility index (Phi) is 4.90. The van der Waals surface area contributed by atoms with Crippen LogP contribution >= 0.6 is 23.2 Å². The van der Waals surface area contributed by atoms with Crippen LogP contribution in [0.4, 0.5) is 0 Å². The Morgan fingerprint density at radius 3 is 2.50 bits per heavy atom. The second kappa shape index (κ2) is 5.76. The molecule has 0 heterocycles. The lowest BCUT2D eigenvalue weighted by Crippen LogP contribution is -2.24. The molecule has 0 fully saturated rings. The molecule has 0 amide bonds. The summed E-state index contributed by atoms with van der Waals surface area (Å²) < 4.78 is 0. The highest BCUT2D eigenvalue weighted by atomic mass is 35.5. The molecule has 0 saturated heterocycles. The highest BCUT2D eigenvalue weighted by molar-refractivity contribution is 6.35. The summed E-state index contributed by atoms with van der Waals surface area (Å²) in [5.74, 6) is 0.622. The number of phenolic OH excluding ortho intramolecular Hbond substituents is 1. The molecule has 1 rings (SSSR count). The van der Waals surface area contributed by atoms with Gasteiger partial charge in [0.05, 0.1) is 5.02 Å². The molecule has 0 aliphatic carbocycles. The van der Waals surface area contributed by atoms with Gasteiger partial charge in [-0.3, -0.25) is 0 Å². The maximum Gasteiger partial charge on any atom is 0.137 e. The molecule has 0 aromatic heterocycles. The molecule has 16 heavy (non-hydrogen) atoms. The van der Waals surface area contributed by atoms with E-state index in [-0.39, 0.29) is 16.8 Å². The molecule has 0 radical (unpaired) electrons. The molecular weight excluding hydrogens is 245 g/mol. The lowest BCUT2D eigenvalue weighted by molar-refractivity contribution is 0.453. The average molecular weight is 262 g/mol. The number of rotatable bonds is 4. The summed E-state index contributed by atoms with van der Waals surface area (Å²) in [5, 5.41) is 10.6. The largest absolute Gasteiger partial charge is 0.506 e. The van der Waals surface area contributed by atoms with E-state index in [0.29, 0.717) is 22.9 Å². The number of phenols is 1. The quantitative estimate of drug-likeness (QED) is 0.870. The van der Waals surface area contributed by atoms with E-state index >= 15 is 0 Å². The Hall–Kier alpha value is -0.440. The van der Waals surface area contributed by atoms with Crippen molar-refractivity contribution < 1.29 is 5.11 Å². The summed E-state index contributed by atoms with van der Waals surface area (Å²) in [6, 6.07) is 3.25. The van der Waals surface area contributed by atoms with E-state index in [1.807, 2.05) is 0 Å². The minimum Gasteiger partial charge on any atom is -0.506 e. The van der Waals surface area contributed by atoms with Crippen LogP contribution in [-0.2, 0) is 6.42 Å². The predicted molar refractivity (Wildman–Crippen MR) is 69.3 cm³/mol. The zero-order chi connectivity index (χ0) is 12.3. The van der Waals surface area contributed by atoms with E-state index in [0.717, 1.165) is 6.42 Å². The zero-order valence-corrected chi connectivity index (χ0v) is 11.0. The van der Waals surface area contributed by atoms with E-state index < -0.39 is 0 Å². The topological polar surface area (TPSA) is 46.2 Å². The van der Waals surface area contributed by atoms with Crippen molar-refractivity contribution in [1.29, 1.82) is 0 Å². The fraction of sp³-hybridized carbons (Fsp3) is 0.500. The monoisotopic (exact) mass is 261 g/mol. The maximum absolute atomic E-state index is 9.76. The Morgan fingerprint density at radius 1 is 1.31 bits per heavy atom. The molecule has 0 saturated carbocycles. The van der Waals surface area contributed by atoms with E-state index in [1.165, 1.54) is 6.07 Å². The third-order valence-corrected chi connectivity index (χ3v) is 2.87. The Morgan fingerprint density at radius 2 is 1.94 bits per heavy atom. The SMILES string of the molecule is CC(C)CC(N)Cc1cc(Cl)cc(Cl)c1O. The van der Waals surface area contributed by atoms with Crippen molar-refractivity contribution in [3.05, 3.63) is 27.7 Å². The van der Waals surface area contributed by atoms with Crippen molar-refractivity contribution in [2.24, 2.45) is 11.7 Å². The van der Waals surface area contributed by atoms with Crippen LogP contribution in [0.5, 0.6) is 5.75 Å². The predicted octanol–water partition coefficient (Wildman–Crippen LogP) is 3.61. The lowest BCUT2D eigenvalue weighted by atomic mass is 9.97. The van der Waals surface area contributed by atoms with Gasteiger partial charge in [-0.15, -0.1) is 0 Å². The normalized spacial score (nSPS) is 13.1. The molecule has 90 valence electrons. The molecule has 0 aliphatic rings. The van der Waals surface area contributed by atoms with Crippen molar-refractivity contribution in [3.63, 3.8) is 0 Å². The molecule has 2 nitrogen and oxygen atoms in total. The molecular formula is C12H17Cl2NO. The van der Waals surface area contributed by atoms with Crippen molar-refractivity contribution in [2.75, 3.05) is 0 Å². The summed E-state index contributed by atoms with van der Waals surface area (Å²) in [6.45, 7) is 4.23. The van der Waals surface area contributed by atoms with Crippen LogP contribution in [0.25, 0.3) is 0 Å². The molecule has 0 spiro atoms. The fourth-order valence-corrected chi connectivity index (χ4v) is 2.28. The van der Waals surface area contributed by atoms with Gasteiger partial charge in [0.15, 0.2) is 0 Å². The molecule has 1 aromatic carbocycles. The second-order valence-corrected chi connectivity index (χ2v) is 5.33. The molecule has 3 N–H and O–H groups in total. The smallest absolute Gasteiger partial charge is 0.137 e. The van der Waals surface area contributed by atoms with Gasteiger partial charge in [-0.2, -0.15) is 0 Å². The Labute approximate surface area is 106 Å². The first-order valence-corrected chi connectivity index (χ1v) is 6.08. The number of nitrogens with two attached hydrogens (primary N) is 1. The number of hydrogen-bond donors (Lipinski definition) is 2. The van der Waals surface area contributed by atoms with E-state index in [2.05, 4.69) is 13.8 Å². The summed E-state index contributed by atoms with van der Waals surface area (Å²) in [4.78, 5) is 0. The van der Waals surface area contributed by atoms with E-state index in [4.69, 9.17) is 28.9 Å². The molecule has 4 heteroatoms. The van der Waals surface area contributed by atoms with Crippen molar-refractivity contribution >= 4 is 23.2 Å². The third kappa shape index (κ3) is 3.85. The van der Waals surface area contributed by atoms with Crippen molar-refractivity contribution in [2.45, 2.75) is 32.7 Å². The number of aromatic hydroxyl groups is 1. The first-order chi connectivity index (χ1) is 7.40. The van der Waals surface area contributed by atoms with Gasteiger partial charge in [0.2, 0.25) is 0 Å². The number of halogens is 2. The van der Waals surface area contributed by atoms with Gasteiger partial charge in [-0.1, -0.05) is 37.0 Å². The molecule has 1 atom stereocenters. The van der Waals surface area contributed by atoms with Gasteiger partial charge in [-0.25, -0.2) is 0 Å². The minimum absolute atomic E-state index is 0.0143. The van der Waals surface area contributed by atoms with Gasteiger partial charge < -0.3 is 10.8 Å². The standard InChI is InChI=1S/C12H17Cl2NO/c1-7(2)3-10(15)5-8-4-9(13)6-11(14)12(8)16/h4,6-7,10,16H,3,5,15H2,1-2H3. The minimum atomic E-state index is 0.0143. The van der Waals surface area contributed by atoms with Crippen LogP contribution < -0.4 is 5.73 Å². The van der Waals surface area contributed by atoms with Gasteiger partial charge in [0.1, 0.15) is 5.75 Å². The lowest BCUT2D eigenvalue weighted by Gasteiger charge is -2.15. The average Bonchev–Trinajstić information content (AvgIpc) is 2.11. The van der Waals surface area contributed by atoms with Crippen LogP contribution in [0.3, 0.4) is 0 Å². The zero-order valence-electron chi connectivity index (χ0n) is 9.50. The van der Waals surface area contributed by atoms with Gasteiger partial charge in [0.25, 0.3) is 0 Å². The summed E-state index contributed by atoms with van der Waals surface area (Å²) >= 11 is 11.7. The first-order valence-electron chi connectivity index (χ1n) is 5.32. The summed E-state index contributed by atoms with van der Waals surface area (Å²) in [5.41, 5.74) is 6.69. The maximum atomic E-state index is 9.76. The van der Waals surface area contributed by atoms with Gasteiger partial charge in [0, 0.05) is 11.1 Å². The first kappa shape index (κ1) is 13.6. The van der Waals surface area contributed by atoms with Crippen LogP contribution in [-0.4, -0.2) is 11.1 Å². The highest BCUT2D eigenvalue weighted by Gasteiger charge is 2.12. The number of hydrogen-bond acceptors (Lipinski definition) is 2. The van der Waals surface area contributed by atoms with Crippen LogP contribution in [0.15, 0.2) is 12.1 Å². The van der Waals surface area contributed by atoms with Crippen molar-refractivity contribution in [1.82, 2.24) is 0 Å². The van der Waals surface area contributed by atoms with Crippen LogP contribution in [0.1, 0.15) is 25.8 Å². The summed E-state index contributed by atoms with van der Waals surface area (Å²) in [7, 11) is 0. The van der Waals surface area contributed by atoms with Gasteiger partial charge >= 0.3 is 0 Å². The van der Waals surface area contributed by atoms with E-state index in [1.54, 1.807) is 6.07 Å². The highest BCUT2D eigenvalue weighted by Crippen LogP contribution is 2.32. The van der Waals surface area contributed by atoms with Crippen LogP contribution in [0.2, 0.25) is 10.0 Å². The fourth-order valence-electron chi connectivity index (χ4n) is 1.75. The molecule has 1 aromatic rings. The Balaban J connectivity index is 2.80. The third-order valence-electron chi connectivity index (χ3n) is 2.36. The van der Waals surface area contributed by atoms with Crippen LogP contribution in [0, 0.1) is 5.92 Å². The number of benzene rings is 1. The second-order valence-electron chi connectivity index (χ2n) is 4.49. The summed E-state index contributed by atoms with van der Waals surface area (Å²) in [6.07, 6.45) is 1.49. The molecule has 0 aliphatic heterocycles. The van der Waals surface area contributed by atoms with Gasteiger partial charge in [-0.05, 0) is 36.5 Å². The molecule has 1 unspecified atom stereocenters. The van der Waals surface area contributed by atoms with E-state index in [9.17, 15) is 5.11 Å². The Bertz CT molecular complexity index is 366.